The highest BCUT2D eigenvalue weighted by atomic mass is 32.2. The van der Waals surface area contributed by atoms with Gasteiger partial charge in [-0.3, -0.25) is 9.59 Å². The molecule has 5 heteroatoms. The standard InChI is InChI=1S/C20H20N2O2S/c1-12(2)21-19(23)15-8-9-17-16(11-15)22-20(24)18(25-17)10-14-6-4-13(3)5-7-14/h4-12H,1-3H3,(H,21,23)(H,22,24). The molecule has 0 bridgehead atoms. The van der Waals surface area contributed by atoms with Crippen LogP contribution in [0.5, 0.6) is 0 Å². The first-order valence-electron chi connectivity index (χ1n) is 8.15. The van der Waals surface area contributed by atoms with Gasteiger partial charge in [-0.25, -0.2) is 0 Å². The van der Waals surface area contributed by atoms with Gasteiger partial charge in [-0.1, -0.05) is 41.6 Å². The third-order valence-corrected chi connectivity index (χ3v) is 4.83. The Morgan fingerprint density at radius 1 is 1.16 bits per heavy atom. The van der Waals surface area contributed by atoms with E-state index < -0.39 is 0 Å². The van der Waals surface area contributed by atoms with E-state index in [1.807, 2.05) is 57.2 Å². The molecule has 128 valence electrons. The topological polar surface area (TPSA) is 58.2 Å². The number of hydrogen-bond donors (Lipinski definition) is 2. The fraction of sp³-hybridized carbons (Fsp3) is 0.200. The second kappa shape index (κ2) is 7.15. The van der Waals surface area contributed by atoms with Gasteiger partial charge < -0.3 is 10.6 Å². The molecule has 2 amide bonds. The van der Waals surface area contributed by atoms with Gasteiger partial charge >= 0.3 is 0 Å². The van der Waals surface area contributed by atoms with Crippen LogP contribution in [0.3, 0.4) is 0 Å². The number of carbonyl (C=O) groups excluding carboxylic acids is 2. The first kappa shape index (κ1) is 17.3. The van der Waals surface area contributed by atoms with Crippen molar-refractivity contribution in [1.82, 2.24) is 5.32 Å². The van der Waals surface area contributed by atoms with Gasteiger partial charge in [-0.05, 0) is 50.6 Å². The molecule has 3 rings (SSSR count). The fourth-order valence-electron chi connectivity index (χ4n) is 2.46. The van der Waals surface area contributed by atoms with Gasteiger partial charge in [-0.15, -0.1) is 0 Å². The van der Waals surface area contributed by atoms with Gasteiger partial charge in [0.2, 0.25) is 0 Å². The molecule has 0 radical (unpaired) electrons. The highest BCUT2D eigenvalue weighted by Crippen LogP contribution is 2.39. The van der Waals surface area contributed by atoms with Crippen LogP contribution in [-0.4, -0.2) is 17.9 Å². The van der Waals surface area contributed by atoms with E-state index in [0.29, 0.717) is 16.2 Å². The second-order valence-electron chi connectivity index (χ2n) is 6.31. The van der Waals surface area contributed by atoms with Gasteiger partial charge in [0.05, 0.1) is 10.6 Å². The summed E-state index contributed by atoms with van der Waals surface area (Å²) in [7, 11) is 0. The minimum atomic E-state index is -0.153. The molecule has 1 aliphatic rings. The Morgan fingerprint density at radius 2 is 1.88 bits per heavy atom. The SMILES string of the molecule is Cc1ccc(C=C2Sc3ccc(C(=O)NC(C)C)cc3NC2=O)cc1. The van der Waals surface area contributed by atoms with Crippen LogP contribution in [-0.2, 0) is 4.79 Å². The third-order valence-electron chi connectivity index (χ3n) is 3.73. The van der Waals surface area contributed by atoms with Crippen molar-refractivity contribution in [1.29, 1.82) is 0 Å². The average molecular weight is 352 g/mol. The number of aryl methyl sites for hydroxylation is 1. The van der Waals surface area contributed by atoms with Gasteiger partial charge in [0.25, 0.3) is 11.8 Å². The molecular weight excluding hydrogens is 332 g/mol. The smallest absolute Gasteiger partial charge is 0.262 e. The number of amides is 2. The number of fused-ring (bicyclic) bond motifs is 1. The van der Waals surface area contributed by atoms with E-state index in [1.54, 1.807) is 12.1 Å². The quantitative estimate of drug-likeness (QED) is 0.813. The molecule has 0 unspecified atom stereocenters. The minimum Gasteiger partial charge on any atom is -0.350 e. The van der Waals surface area contributed by atoms with Gasteiger partial charge in [-0.2, -0.15) is 0 Å². The number of rotatable bonds is 3. The summed E-state index contributed by atoms with van der Waals surface area (Å²) < 4.78 is 0. The van der Waals surface area contributed by atoms with Crippen molar-refractivity contribution in [2.75, 3.05) is 5.32 Å². The lowest BCUT2D eigenvalue weighted by atomic mass is 10.1. The van der Waals surface area contributed by atoms with E-state index in [2.05, 4.69) is 10.6 Å². The zero-order valence-corrected chi connectivity index (χ0v) is 15.2. The van der Waals surface area contributed by atoms with E-state index in [0.717, 1.165) is 10.5 Å². The second-order valence-corrected chi connectivity index (χ2v) is 7.40. The lowest BCUT2D eigenvalue weighted by molar-refractivity contribution is -0.112. The predicted molar refractivity (Wildman–Crippen MR) is 103 cm³/mol. The summed E-state index contributed by atoms with van der Waals surface area (Å²) in [6.45, 7) is 5.86. The summed E-state index contributed by atoms with van der Waals surface area (Å²) >= 11 is 1.42. The highest BCUT2D eigenvalue weighted by molar-refractivity contribution is 8.04. The van der Waals surface area contributed by atoms with Crippen LogP contribution in [0, 0.1) is 6.92 Å². The molecule has 0 aliphatic carbocycles. The normalized spacial score (nSPS) is 15.0. The first-order chi connectivity index (χ1) is 11.9. The number of anilines is 1. The largest absolute Gasteiger partial charge is 0.350 e. The maximum absolute atomic E-state index is 12.4. The molecule has 0 aromatic heterocycles. The summed E-state index contributed by atoms with van der Waals surface area (Å²) in [6, 6.07) is 13.5. The Morgan fingerprint density at radius 3 is 2.56 bits per heavy atom. The maximum atomic E-state index is 12.4. The maximum Gasteiger partial charge on any atom is 0.262 e. The molecule has 0 spiro atoms. The Labute approximate surface area is 151 Å². The molecule has 1 heterocycles. The summed E-state index contributed by atoms with van der Waals surface area (Å²) in [4.78, 5) is 26.1. The molecule has 2 aromatic rings. The highest BCUT2D eigenvalue weighted by Gasteiger charge is 2.22. The lowest BCUT2D eigenvalue weighted by Crippen LogP contribution is -2.30. The molecule has 2 aromatic carbocycles. The van der Waals surface area contributed by atoms with Gasteiger partial charge in [0.1, 0.15) is 0 Å². The first-order valence-corrected chi connectivity index (χ1v) is 8.96. The third kappa shape index (κ3) is 4.12. The number of thioether (sulfide) groups is 1. The molecule has 4 nitrogen and oxygen atoms in total. The van der Waals surface area contributed by atoms with Crippen LogP contribution in [0.25, 0.3) is 6.08 Å². The van der Waals surface area contributed by atoms with E-state index in [4.69, 9.17) is 0 Å². The van der Waals surface area contributed by atoms with Crippen molar-refractivity contribution >= 4 is 35.3 Å². The molecule has 0 saturated carbocycles. The fourth-order valence-corrected chi connectivity index (χ4v) is 3.39. The molecule has 0 fully saturated rings. The Kier molecular flexibility index (Phi) is 4.95. The van der Waals surface area contributed by atoms with Crippen LogP contribution in [0.2, 0.25) is 0 Å². The van der Waals surface area contributed by atoms with E-state index in [1.165, 1.54) is 17.3 Å². The van der Waals surface area contributed by atoms with Crippen LogP contribution in [0.4, 0.5) is 5.69 Å². The van der Waals surface area contributed by atoms with E-state index in [-0.39, 0.29) is 17.9 Å². The molecule has 0 saturated heterocycles. The summed E-state index contributed by atoms with van der Waals surface area (Å²) in [5, 5.41) is 5.74. The Balaban J connectivity index is 1.84. The minimum absolute atomic E-state index is 0.0662. The van der Waals surface area contributed by atoms with Crippen LogP contribution in [0.1, 0.15) is 35.3 Å². The van der Waals surface area contributed by atoms with Crippen molar-refractivity contribution in [2.24, 2.45) is 0 Å². The van der Waals surface area contributed by atoms with Crippen molar-refractivity contribution in [3.05, 3.63) is 64.1 Å². The summed E-state index contributed by atoms with van der Waals surface area (Å²) in [5.74, 6) is -0.294. The monoisotopic (exact) mass is 352 g/mol. The average Bonchev–Trinajstić information content (AvgIpc) is 2.56. The molecule has 25 heavy (non-hydrogen) atoms. The summed E-state index contributed by atoms with van der Waals surface area (Å²) in [6.07, 6.45) is 1.88. The van der Waals surface area contributed by atoms with Crippen LogP contribution < -0.4 is 10.6 Å². The Bertz CT molecular complexity index is 854. The zero-order chi connectivity index (χ0) is 18.0. The molecule has 2 N–H and O–H groups in total. The van der Waals surface area contributed by atoms with Gasteiger partial charge in [0, 0.05) is 16.5 Å². The molecule has 0 atom stereocenters. The number of benzene rings is 2. The van der Waals surface area contributed by atoms with Crippen molar-refractivity contribution < 1.29 is 9.59 Å². The van der Waals surface area contributed by atoms with Gasteiger partial charge in [0.15, 0.2) is 0 Å². The number of hydrogen-bond acceptors (Lipinski definition) is 3. The Hall–Kier alpha value is -2.53. The number of nitrogens with one attached hydrogen (secondary N) is 2. The van der Waals surface area contributed by atoms with Crippen LogP contribution >= 0.6 is 11.8 Å². The van der Waals surface area contributed by atoms with Crippen molar-refractivity contribution in [3.8, 4) is 0 Å². The number of carbonyl (C=O) groups is 2. The zero-order valence-electron chi connectivity index (χ0n) is 14.4. The van der Waals surface area contributed by atoms with Crippen molar-refractivity contribution in [2.45, 2.75) is 31.7 Å². The van der Waals surface area contributed by atoms with Crippen LogP contribution in [0.15, 0.2) is 52.3 Å². The molecular formula is C20H20N2O2S. The lowest BCUT2D eigenvalue weighted by Gasteiger charge is -2.19. The van der Waals surface area contributed by atoms with E-state index in [9.17, 15) is 9.59 Å². The predicted octanol–water partition coefficient (Wildman–Crippen LogP) is 4.22. The summed E-state index contributed by atoms with van der Waals surface area (Å²) in [5.41, 5.74) is 3.38. The van der Waals surface area contributed by atoms with Crippen molar-refractivity contribution in [3.63, 3.8) is 0 Å². The van der Waals surface area contributed by atoms with E-state index >= 15 is 0 Å². The molecule has 1 aliphatic heterocycles.